The Balaban J connectivity index is 2.82. The lowest BCUT2D eigenvalue weighted by atomic mass is 10.1. The lowest BCUT2D eigenvalue weighted by Gasteiger charge is -2.03. The van der Waals surface area contributed by atoms with Crippen molar-refractivity contribution in [2.45, 2.75) is 0 Å². The predicted molar refractivity (Wildman–Crippen MR) is 62.0 cm³/mol. The van der Waals surface area contributed by atoms with Crippen molar-refractivity contribution < 1.29 is 0 Å². The predicted octanol–water partition coefficient (Wildman–Crippen LogP) is 0.183. The first-order valence-electron chi connectivity index (χ1n) is 4.11. The van der Waals surface area contributed by atoms with Gasteiger partial charge in [0.2, 0.25) is 0 Å². The number of benzene rings is 1. The van der Waals surface area contributed by atoms with E-state index in [0.717, 1.165) is 11.3 Å². The van der Waals surface area contributed by atoms with Gasteiger partial charge in [-0.15, -0.1) is 0 Å². The molecule has 1 rings (SSSR count). The summed E-state index contributed by atoms with van der Waals surface area (Å²) in [6.45, 7) is 0.333. The molecule has 0 aliphatic carbocycles. The smallest absolute Gasteiger partial charge is 0.184 e. The van der Waals surface area contributed by atoms with Crippen LogP contribution >= 0.6 is 12.2 Å². The van der Waals surface area contributed by atoms with E-state index < -0.39 is 0 Å². The monoisotopic (exact) mass is 208 g/mol. The molecule has 4 nitrogen and oxygen atoms in total. The van der Waals surface area contributed by atoms with Crippen molar-refractivity contribution in [1.29, 1.82) is 0 Å². The van der Waals surface area contributed by atoms with E-state index >= 15 is 0 Å². The Morgan fingerprint density at radius 2 is 2.00 bits per heavy atom. The highest BCUT2D eigenvalue weighted by Crippen LogP contribution is 1.99. The van der Waals surface area contributed by atoms with Crippen LogP contribution in [-0.2, 0) is 0 Å². The molecule has 0 amide bonds. The van der Waals surface area contributed by atoms with Crippen LogP contribution in [-0.4, -0.2) is 17.4 Å². The Morgan fingerprint density at radius 1 is 1.36 bits per heavy atom. The topological polar surface area (TPSA) is 76.4 Å². The number of nitrogens with two attached hydrogens (primary N) is 2. The molecule has 0 aliphatic heterocycles. The van der Waals surface area contributed by atoms with Crippen molar-refractivity contribution >= 4 is 23.0 Å². The average Bonchev–Trinajstić information content (AvgIpc) is 2.20. The van der Waals surface area contributed by atoms with E-state index in [9.17, 15) is 0 Å². The van der Waals surface area contributed by atoms with Gasteiger partial charge in [-0.3, -0.25) is 5.43 Å². The van der Waals surface area contributed by atoms with Gasteiger partial charge in [-0.2, -0.15) is 5.10 Å². The molecular weight excluding hydrogens is 196 g/mol. The minimum absolute atomic E-state index is 0.131. The molecule has 5 heteroatoms. The van der Waals surface area contributed by atoms with Crippen LogP contribution in [0, 0.1) is 0 Å². The summed E-state index contributed by atoms with van der Waals surface area (Å²) in [5, 5.41) is 4.12. The highest BCUT2D eigenvalue weighted by Gasteiger charge is 1.99. The van der Waals surface area contributed by atoms with Gasteiger partial charge in [0, 0.05) is 6.54 Å². The second kappa shape index (κ2) is 5.31. The summed E-state index contributed by atoms with van der Waals surface area (Å²) in [6.07, 6.45) is 0. The van der Waals surface area contributed by atoms with Crippen LogP contribution in [0.15, 0.2) is 35.4 Å². The van der Waals surface area contributed by atoms with E-state index in [4.69, 9.17) is 11.5 Å². The maximum Gasteiger partial charge on any atom is 0.184 e. The quantitative estimate of drug-likeness (QED) is 0.376. The zero-order valence-electron chi connectivity index (χ0n) is 7.60. The highest BCUT2D eigenvalue weighted by atomic mass is 32.1. The summed E-state index contributed by atoms with van der Waals surface area (Å²) >= 11 is 4.63. The van der Waals surface area contributed by atoms with Gasteiger partial charge in [0.1, 0.15) is 0 Å². The molecule has 0 atom stereocenters. The molecule has 0 fully saturated rings. The number of nitrogens with one attached hydrogen (secondary N) is 1. The summed E-state index contributed by atoms with van der Waals surface area (Å²) in [7, 11) is 0. The Kier molecular flexibility index (Phi) is 4.03. The van der Waals surface area contributed by atoms with Crippen molar-refractivity contribution in [3.05, 3.63) is 35.9 Å². The van der Waals surface area contributed by atoms with Crippen LogP contribution in [0.4, 0.5) is 0 Å². The summed E-state index contributed by atoms with van der Waals surface area (Å²) < 4.78 is 0. The van der Waals surface area contributed by atoms with Crippen molar-refractivity contribution in [3.63, 3.8) is 0 Å². The molecule has 0 saturated heterocycles. The Hall–Kier alpha value is -1.46. The molecule has 14 heavy (non-hydrogen) atoms. The lowest BCUT2D eigenvalue weighted by Crippen LogP contribution is -2.27. The van der Waals surface area contributed by atoms with Gasteiger partial charge >= 0.3 is 0 Å². The van der Waals surface area contributed by atoms with E-state index in [1.807, 2.05) is 30.3 Å². The minimum Gasteiger partial charge on any atom is -0.375 e. The number of hydrogen-bond acceptors (Lipinski definition) is 3. The van der Waals surface area contributed by atoms with Crippen LogP contribution in [0.5, 0.6) is 0 Å². The molecule has 1 aromatic rings. The Bertz CT molecular complexity index is 334. The van der Waals surface area contributed by atoms with Crippen molar-refractivity contribution in [2.24, 2.45) is 16.6 Å². The summed E-state index contributed by atoms with van der Waals surface area (Å²) in [4.78, 5) is 0. The van der Waals surface area contributed by atoms with Crippen molar-refractivity contribution in [2.75, 3.05) is 6.54 Å². The summed E-state index contributed by atoms with van der Waals surface area (Å²) in [6, 6.07) is 9.61. The molecule has 0 aliphatic rings. The van der Waals surface area contributed by atoms with Gasteiger partial charge in [-0.1, -0.05) is 30.3 Å². The molecule has 0 heterocycles. The van der Waals surface area contributed by atoms with Crippen LogP contribution in [0.3, 0.4) is 0 Å². The molecule has 0 radical (unpaired) electrons. The Morgan fingerprint density at radius 3 is 2.50 bits per heavy atom. The van der Waals surface area contributed by atoms with Crippen LogP contribution in [0.25, 0.3) is 0 Å². The van der Waals surface area contributed by atoms with E-state index in [-0.39, 0.29) is 5.11 Å². The van der Waals surface area contributed by atoms with Crippen molar-refractivity contribution in [1.82, 2.24) is 5.43 Å². The molecule has 0 saturated carbocycles. The van der Waals surface area contributed by atoms with Crippen LogP contribution in [0.1, 0.15) is 5.56 Å². The molecule has 0 spiro atoms. The molecule has 1 aromatic carbocycles. The second-order valence-electron chi connectivity index (χ2n) is 2.60. The number of rotatable bonds is 3. The van der Waals surface area contributed by atoms with Crippen LogP contribution in [0.2, 0.25) is 0 Å². The highest BCUT2D eigenvalue weighted by molar-refractivity contribution is 7.80. The third-order valence-corrected chi connectivity index (χ3v) is 1.69. The maximum absolute atomic E-state index is 5.54. The van der Waals surface area contributed by atoms with Crippen molar-refractivity contribution in [3.8, 4) is 0 Å². The fourth-order valence-corrected chi connectivity index (χ4v) is 1.03. The molecule has 5 N–H and O–H groups in total. The fraction of sp³-hybridized carbons (Fsp3) is 0.111. The number of thiocarbonyl (C=S) groups is 1. The van der Waals surface area contributed by atoms with Crippen LogP contribution < -0.4 is 16.9 Å². The molecule has 0 bridgehead atoms. The van der Waals surface area contributed by atoms with Gasteiger partial charge in [0.25, 0.3) is 0 Å². The van der Waals surface area contributed by atoms with Gasteiger partial charge in [-0.05, 0) is 17.8 Å². The number of hydrogen-bond donors (Lipinski definition) is 3. The number of nitrogens with zero attached hydrogens (tertiary/aromatic N) is 1. The first-order valence-corrected chi connectivity index (χ1v) is 4.52. The largest absolute Gasteiger partial charge is 0.375 e. The van der Waals surface area contributed by atoms with E-state index in [2.05, 4.69) is 22.7 Å². The van der Waals surface area contributed by atoms with E-state index in [1.165, 1.54) is 0 Å². The van der Waals surface area contributed by atoms with Gasteiger partial charge < -0.3 is 11.5 Å². The third-order valence-electron chi connectivity index (χ3n) is 1.60. The lowest BCUT2D eigenvalue weighted by molar-refractivity contribution is 1.02. The molecular formula is C9H12N4S. The van der Waals surface area contributed by atoms with E-state index in [1.54, 1.807) is 0 Å². The number of hydrazone groups is 1. The minimum atomic E-state index is 0.131. The second-order valence-corrected chi connectivity index (χ2v) is 3.04. The van der Waals surface area contributed by atoms with Gasteiger partial charge in [0.15, 0.2) is 5.11 Å². The normalized spacial score (nSPS) is 11.1. The van der Waals surface area contributed by atoms with Gasteiger partial charge in [0.05, 0.1) is 5.71 Å². The first kappa shape index (κ1) is 10.6. The molecule has 0 aromatic heterocycles. The summed E-state index contributed by atoms with van der Waals surface area (Å²) in [5.41, 5.74) is 15.0. The zero-order valence-corrected chi connectivity index (χ0v) is 8.42. The standard InChI is InChI=1S/C9H12N4S/c10-6-8(12-13-9(11)14)7-4-2-1-3-5-7/h1-5H,6,10H2,(H3,11,13,14). The molecule has 74 valence electrons. The average molecular weight is 208 g/mol. The fourth-order valence-electron chi connectivity index (χ4n) is 0.981. The summed E-state index contributed by atoms with van der Waals surface area (Å²) in [5.74, 6) is 0. The zero-order chi connectivity index (χ0) is 10.4. The third kappa shape index (κ3) is 3.12. The Labute approximate surface area is 88.0 Å². The van der Waals surface area contributed by atoms with Gasteiger partial charge in [-0.25, -0.2) is 0 Å². The first-order chi connectivity index (χ1) is 6.74. The SMILES string of the molecule is NCC(=NNC(N)=S)c1ccccc1. The van der Waals surface area contributed by atoms with E-state index in [0.29, 0.717) is 6.54 Å². The molecule has 0 unspecified atom stereocenters. The maximum atomic E-state index is 5.54.